The summed E-state index contributed by atoms with van der Waals surface area (Å²) >= 11 is 0. The fraction of sp³-hybridized carbons (Fsp3) is 0.562. The van der Waals surface area contributed by atoms with E-state index >= 15 is 0 Å². The van der Waals surface area contributed by atoms with Crippen molar-refractivity contribution in [3.8, 4) is 5.75 Å². The summed E-state index contributed by atoms with van der Waals surface area (Å²) in [4.78, 5) is 9.30. The first-order chi connectivity index (χ1) is 10.3. The fourth-order valence-electron chi connectivity index (χ4n) is 2.55. The molecule has 124 valence electrons. The van der Waals surface area contributed by atoms with E-state index in [1.807, 2.05) is 12.1 Å². The molecule has 1 saturated heterocycles. The molecule has 0 unspecified atom stereocenters. The zero-order valence-electron chi connectivity index (χ0n) is 13.7. The lowest BCUT2D eigenvalue weighted by Gasteiger charge is -2.37. The van der Waals surface area contributed by atoms with Crippen LogP contribution in [-0.2, 0) is 0 Å². The van der Waals surface area contributed by atoms with Gasteiger partial charge in [0.25, 0.3) is 0 Å². The predicted molar refractivity (Wildman–Crippen MR) is 104 cm³/mol. The number of ether oxygens (including phenoxy) is 1. The molecule has 0 aromatic heterocycles. The second-order valence-electron chi connectivity index (χ2n) is 5.00. The minimum atomic E-state index is 0. The molecule has 0 bridgehead atoms. The summed E-state index contributed by atoms with van der Waals surface area (Å²) < 4.78 is 5.21. The average molecular weight is 418 g/mol. The molecule has 1 aliphatic heterocycles. The van der Waals surface area contributed by atoms with Crippen LogP contribution in [-0.4, -0.2) is 57.2 Å². The van der Waals surface area contributed by atoms with Gasteiger partial charge in [-0.05, 0) is 38.1 Å². The first-order valence-electron chi connectivity index (χ1n) is 7.70. The lowest BCUT2D eigenvalue weighted by molar-refractivity contribution is 0.372. The van der Waals surface area contributed by atoms with E-state index in [4.69, 9.17) is 4.74 Å². The molecule has 6 heteroatoms. The number of nitrogens with zero attached hydrogens (tertiary/aromatic N) is 3. The van der Waals surface area contributed by atoms with Gasteiger partial charge < -0.3 is 19.9 Å². The minimum Gasteiger partial charge on any atom is -0.497 e. The third-order valence-electron chi connectivity index (χ3n) is 3.66. The van der Waals surface area contributed by atoms with Crippen LogP contribution in [0.3, 0.4) is 0 Å². The highest BCUT2D eigenvalue weighted by atomic mass is 127. The zero-order valence-corrected chi connectivity index (χ0v) is 16.0. The Bertz CT molecular complexity index is 456. The Labute approximate surface area is 150 Å². The number of guanidine groups is 1. The van der Waals surface area contributed by atoms with E-state index in [1.165, 1.54) is 5.69 Å². The van der Waals surface area contributed by atoms with Crippen LogP contribution < -0.4 is 15.0 Å². The van der Waals surface area contributed by atoms with Crippen molar-refractivity contribution in [1.82, 2.24) is 10.2 Å². The van der Waals surface area contributed by atoms with Crippen molar-refractivity contribution >= 4 is 35.6 Å². The van der Waals surface area contributed by atoms with Crippen molar-refractivity contribution in [1.29, 1.82) is 0 Å². The van der Waals surface area contributed by atoms with Gasteiger partial charge in [0.2, 0.25) is 0 Å². The Morgan fingerprint density at radius 3 is 2.27 bits per heavy atom. The van der Waals surface area contributed by atoms with Gasteiger partial charge in [-0.25, -0.2) is 0 Å². The molecular formula is C16H27IN4O. The fourth-order valence-corrected chi connectivity index (χ4v) is 2.55. The van der Waals surface area contributed by atoms with E-state index in [0.717, 1.165) is 51.0 Å². The number of piperazine rings is 1. The Balaban J connectivity index is 0.00000242. The smallest absolute Gasteiger partial charge is 0.194 e. The zero-order chi connectivity index (χ0) is 15.1. The monoisotopic (exact) mass is 418 g/mol. The van der Waals surface area contributed by atoms with E-state index in [0.29, 0.717) is 0 Å². The maximum absolute atomic E-state index is 5.21. The summed E-state index contributed by atoms with van der Waals surface area (Å²) in [6.07, 6.45) is 0. The van der Waals surface area contributed by atoms with Gasteiger partial charge in [0.05, 0.1) is 7.11 Å². The second kappa shape index (κ2) is 9.76. The van der Waals surface area contributed by atoms with Gasteiger partial charge in [0.1, 0.15) is 5.75 Å². The minimum absolute atomic E-state index is 0. The molecule has 0 saturated carbocycles. The van der Waals surface area contributed by atoms with Crippen LogP contribution in [0.5, 0.6) is 5.75 Å². The van der Waals surface area contributed by atoms with Gasteiger partial charge in [-0.1, -0.05) is 0 Å². The molecule has 1 fully saturated rings. The van der Waals surface area contributed by atoms with Crippen molar-refractivity contribution < 1.29 is 4.74 Å². The summed E-state index contributed by atoms with van der Waals surface area (Å²) in [7, 11) is 1.70. The first-order valence-corrected chi connectivity index (χ1v) is 7.70. The van der Waals surface area contributed by atoms with Crippen molar-refractivity contribution in [3.63, 3.8) is 0 Å². The lowest BCUT2D eigenvalue weighted by atomic mass is 10.2. The number of hydrogen-bond acceptors (Lipinski definition) is 3. The van der Waals surface area contributed by atoms with E-state index in [9.17, 15) is 0 Å². The van der Waals surface area contributed by atoms with Crippen LogP contribution >= 0.6 is 24.0 Å². The maximum Gasteiger partial charge on any atom is 0.194 e. The summed E-state index contributed by atoms with van der Waals surface area (Å²) in [6.45, 7) is 9.94. The summed E-state index contributed by atoms with van der Waals surface area (Å²) in [5.74, 6) is 1.94. The highest BCUT2D eigenvalue weighted by Crippen LogP contribution is 2.20. The summed E-state index contributed by atoms with van der Waals surface area (Å²) in [5, 5.41) is 3.36. The maximum atomic E-state index is 5.21. The number of hydrogen-bond donors (Lipinski definition) is 1. The Morgan fingerprint density at radius 2 is 1.77 bits per heavy atom. The van der Waals surface area contributed by atoms with Crippen molar-refractivity contribution in [2.75, 3.05) is 51.3 Å². The number of rotatable bonds is 4. The number of halogens is 1. The molecule has 0 amide bonds. The van der Waals surface area contributed by atoms with Gasteiger partial charge in [-0.2, -0.15) is 0 Å². The molecule has 1 N–H and O–H groups in total. The van der Waals surface area contributed by atoms with Crippen LogP contribution in [0.1, 0.15) is 13.8 Å². The van der Waals surface area contributed by atoms with Crippen LogP contribution in [0.4, 0.5) is 5.69 Å². The van der Waals surface area contributed by atoms with Crippen LogP contribution in [0, 0.1) is 0 Å². The number of aliphatic imine (C=N–C) groups is 1. The van der Waals surface area contributed by atoms with E-state index < -0.39 is 0 Å². The molecular weight excluding hydrogens is 391 g/mol. The second-order valence-corrected chi connectivity index (χ2v) is 5.00. The number of anilines is 1. The van der Waals surface area contributed by atoms with Gasteiger partial charge in [0, 0.05) is 45.0 Å². The van der Waals surface area contributed by atoms with Gasteiger partial charge in [0.15, 0.2) is 5.96 Å². The first kappa shape index (κ1) is 18.9. The van der Waals surface area contributed by atoms with Gasteiger partial charge in [-0.3, -0.25) is 4.99 Å². The van der Waals surface area contributed by atoms with Gasteiger partial charge >= 0.3 is 0 Å². The Kier molecular flexibility index (Phi) is 8.37. The molecule has 22 heavy (non-hydrogen) atoms. The summed E-state index contributed by atoms with van der Waals surface area (Å²) in [6, 6.07) is 8.29. The Hall–Kier alpha value is -1.18. The molecule has 0 atom stereocenters. The van der Waals surface area contributed by atoms with Crippen molar-refractivity contribution in [3.05, 3.63) is 24.3 Å². The van der Waals surface area contributed by atoms with E-state index in [2.05, 4.69) is 46.1 Å². The largest absolute Gasteiger partial charge is 0.497 e. The highest BCUT2D eigenvalue weighted by molar-refractivity contribution is 14.0. The van der Waals surface area contributed by atoms with Crippen molar-refractivity contribution in [2.24, 2.45) is 4.99 Å². The van der Waals surface area contributed by atoms with Crippen LogP contribution in [0.2, 0.25) is 0 Å². The lowest BCUT2D eigenvalue weighted by Crippen LogP contribution is -2.52. The average Bonchev–Trinajstić information content (AvgIpc) is 2.55. The van der Waals surface area contributed by atoms with Gasteiger partial charge in [-0.15, -0.1) is 24.0 Å². The standard InChI is InChI=1S/C16H26N4O.HI/c1-4-17-16(18-5-2)20-12-10-19(11-13-20)14-6-8-15(21-3)9-7-14;/h6-9H,4-5,10-13H2,1-3H3,(H,17,18);1H. The molecule has 1 aromatic carbocycles. The van der Waals surface area contributed by atoms with Crippen molar-refractivity contribution in [2.45, 2.75) is 13.8 Å². The Morgan fingerprint density at radius 1 is 1.14 bits per heavy atom. The topological polar surface area (TPSA) is 40.1 Å². The summed E-state index contributed by atoms with van der Waals surface area (Å²) in [5.41, 5.74) is 1.26. The molecule has 5 nitrogen and oxygen atoms in total. The molecule has 1 aliphatic rings. The molecule has 0 radical (unpaired) electrons. The third kappa shape index (κ3) is 4.93. The van der Waals surface area contributed by atoms with Crippen LogP contribution in [0.25, 0.3) is 0 Å². The quantitative estimate of drug-likeness (QED) is 0.463. The number of benzene rings is 1. The normalized spacial score (nSPS) is 15.3. The van der Waals surface area contributed by atoms with E-state index in [-0.39, 0.29) is 24.0 Å². The molecule has 1 aromatic rings. The molecule has 2 rings (SSSR count). The third-order valence-corrected chi connectivity index (χ3v) is 3.66. The predicted octanol–water partition coefficient (Wildman–Crippen LogP) is 2.42. The van der Waals surface area contributed by atoms with E-state index in [1.54, 1.807) is 7.11 Å². The molecule has 0 aliphatic carbocycles. The number of nitrogens with one attached hydrogen (secondary N) is 1. The SMILES string of the molecule is CCN=C(NCC)N1CCN(c2ccc(OC)cc2)CC1.I. The number of methoxy groups -OCH3 is 1. The molecule has 1 heterocycles. The van der Waals surface area contributed by atoms with Crippen LogP contribution in [0.15, 0.2) is 29.3 Å². The highest BCUT2D eigenvalue weighted by Gasteiger charge is 2.19. The molecule has 0 spiro atoms.